The number of rotatable bonds is 2. The van der Waals surface area contributed by atoms with Crippen LogP contribution in [0.15, 0.2) is 24.3 Å². The molecule has 1 aliphatic heterocycles. The Labute approximate surface area is 84.7 Å². The highest BCUT2D eigenvalue weighted by atomic mass is 35.5. The van der Waals surface area contributed by atoms with Crippen LogP contribution < -0.4 is 10.1 Å². The van der Waals surface area contributed by atoms with E-state index >= 15 is 0 Å². The molecule has 2 nitrogen and oxygen atoms in total. The van der Waals surface area contributed by atoms with Crippen LogP contribution in [-0.2, 0) is 0 Å². The zero-order valence-corrected chi connectivity index (χ0v) is 8.43. The minimum Gasteiger partial charge on any atom is -0.488 e. The largest absolute Gasteiger partial charge is 0.488 e. The zero-order valence-electron chi connectivity index (χ0n) is 7.62. The first-order valence-electron chi connectivity index (χ1n) is 4.28. The molecular weight excluding hydrogens is 186 g/mol. The van der Waals surface area contributed by atoms with E-state index in [0.29, 0.717) is 6.10 Å². The van der Waals surface area contributed by atoms with E-state index in [1.54, 1.807) is 0 Å². The summed E-state index contributed by atoms with van der Waals surface area (Å²) in [6.45, 7) is 4.04. The molecule has 3 heteroatoms. The molecule has 0 radical (unpaired) electrons. The van der Waals surface area contributed by atoms with Crippen LogP contribution in [0.2, 0.25) is 0 Å². The van der Waals surface area contributed by atoms with Crippen LogP contribution in [0, 0.1) is 6.92 Å². The van der Waals surface area contributed by atoms with Crippen LogP contribution in [0.5, 0.6) is 5.75 Å². The third-order valence-electron chi connectivity index (χ3n) is 2.04. The average Bonchev–Trinajstić information content (AvgIpc) is 1.97. The molecule has 0 aromatic heterocycles. The first-order chi connectivity index (χ1) is 5.84. The highest BCUT2D eigenvalue weighted by molar-refractivity contribution is 5.85. The summed E-state index contributed by atoms with van der Waals surface area (Å²) < 4.78 is 5.67. The maximum Gasteiger partial charge on any atom is 0.123 e. The van der Waals surface area contributed by atoms with Gasteiger partial charge in [-0.15, -0.1) is 12.4 Å². The molecule has 0 amide bonds. The molecule has 1 saturated heterocycles. The molecule has 0 spiro atoms. The molecular formula is C10H14ClNO. The molecule has 1 aromatic rings. The van der Waals surface area contributed by atoms with Crippen molar-refractivity contribution in [1.82, 2.24) is 5.32 Å². The number of halogens is 1. The summed E-state index contributed by atoms with van der Waals surface area (Å²) >= 11 is 0. The van der Waals surface area contributed by atoms with Crippen molar-refractivity contribution < 1.29 is 4.74 Å². The van der Waals surface area contributed by atoms with Crippen LogP contribution >= 0.6 is 12.4 Å². The Bertz CT molecular complexity index is 273. The van der Waals surface area contributed by atoms with Crippen molar-refractivity contribution in [2.24, 2.45) is 0 Å². The van der Waals surface area contributed by atoms with Crippen molar-refractivity contribution >= 4 is 12.4 Å². The van der Waals surface area contributed by atoms with Crippen LogP contribution in [0.3, 0.4) is 0 Å². The van der Waals surface area contributed by atoms with Crippen molar-refractivity contribution in [2.45, 2.75) is 13.0 Å². The van der Waals surface area contributed by atoms with Crippen molar-refractivity contribution in [2.75, 3.05) is 13.1 Å². The molecule has 72 valence electrons. The van der Waals surface area contributed by atoms with Crippen molar-refractivity contribution in [3.63, 3.8) is 0 Å². The molecule has 0 saturated carbocycles. The topological polar surface area (TPSA) is 21.3 Å². The summed E-state index contributed by atoms with van der Waals surface area (Å²) in [6, 6.07) is 8.17. The average molecular weight is 200 g/mol. The van der Waals surface area contributed by atoms with Gasteiger partial charge in [0.1, 0.15) is 11.9 Å². The van der Waals surface area contributed by atoms with E-state index in [4.69, 9.17) is 4.74 Å². The minimum absolute atomic E-state index is 0. The molecule has 1 aromatic carbocycles. The monoisotopic (exact) mass is 199 g/mol. The van der Waals surface area contributed by atoms with Gasteiger partial charge in [-0.25, -0.2) is 0 Å². The Morgan fingerprint density at radius 1 is 1.38 bits per heavy atom. The second-order valence-corrected chi connectivity index (χ2v) is 3.21. The molecule has 1 heterocycles. The van der Waals surface area contributed by atoms with Crippen molar-refractivity contribution in [3.05, 3.63) is 29.8 Å². The van der Waals surface area contributed by atoms with Gasteiger partial charge in [0, 0.05) is 13.1 Å². The van der Waals surface area contributed by atoms with E-state index in [-0.39, 0.29) is 12.4 Å². The lowest BCUT2D eigenvalue weighted by atomic mass is 10.2. The second-order valence-electron chi connectivity index (χ2n) is 3.21. The van der Waals surface area contributed by atoms with E-state index in [1.165, 1.54) is 5.56 Å². The van der Waals surface area contributed by atoms with E-state index in [0.717, 1.165) is 18.8 Å². The molecule has 0 aliphatic carbocycles. The zero-order chi connectivity index (χ0) is 8.39. The van der Waals surface area contributed by atoms with Gasteiger partial charge >= 0.3 is 0 Å². The second kappa shape index (κ2) is 4.49. The molecule has 0 unspecified atom stereocenters. The first kappa shape index (κ1) is 10.4. The number of hydrogen-bond donors (Lipinski definition) is 1. The standard InChI is InChI=1S/C10H13NO.ClH/c1-8-3-2-4-9(5-8)12-10-6-11-7-10;/h2-5,10-11H,6-7H2,1H3;1H. The Hall–Kier alpha value is -0.730. The smallest absolute Gasteiger partial charge is 0.123 e. The molecule has 1 aliphatic rings. The van der Waals surface area contributed by atoms with Gasteiger partial charge in [-0.1, -0.05) is 12.1 Å². The van der Waals surface area contributed by atoms with Gasteiger partial charge in [-0.05, 0) is 24.6 Å². The molecule has 1 fully saturated rings. The predicted molar refractivity (Wildman–Crippen MR) is 55.7 cm³/mol. The maximum absolute atomic E-state index is 5.67. The van der Waals surface area contributed by atoms with E-state index in [9.17, 15) is 0 Å². The first-order valence-corrected chi connectivity index (χ1v) is 4.28. The molecule has 2 rings (SSSR count). The third-order valence-corrected chi connectivity index (χ3v) is 2.04. The summed E-state index contributed by atoms with van der Waals surface area (Å²) in [5, 5.41) is 3.17. The highest BCUT2D eigenvalue weighted by Crippen LogP contribution is 2.15. The van der Waals surface area contributed by atoms with Gasteiger partial charge in [-0.2, -0.15) is 0 Å². The van der Waals surface area contributed by atoms with Gasteiger partial charge in [0.15, 0.2) is 0 Å². The lowest BCUT2D eigenvalue weighted by molar-refractivity contribution is 0.142. The number of ether oxygens (including phenoxy) is 1. The lowest BCUT2D eigenvalue weighted by Gasteiger charge is -2.27. The van der Waals surface area contributed by atoms with Gasteiger partial charge in [0.2, 0.25) is 0 Å². The van der Waals surface area contributed by atoms with Crippen LogP contribution in [0.1, 0.15) is 5.56 Å². The van der Waals surface area contributed by atoms with Gasteiger partial charge in [0.25, 0.3) is 0 Å². The summed E-state index contributed by atoms with van der Waals surface area (Å²) in [7, 11) is 0. The SMILES string of the molecule is Cc1cccc(OC2CNC2)c1.Cl. The fourth-order valence-electron chi connectivity index (χ4n) is 1.23. The Morgan fingerprint density at radius 2 is 2.15 bits per heavy atom. The Morgan fingerprint density at radius 3 is 2.69 bits per heavy atom. The summed E-state index contributed by atoms with van der Waals surface area (Å²) in [5.41, 5.74) is 1.25. The van der Waals surface area contributed by atoms with Gasteiger partial charge in [0.05, 0.1) is 0 Å². The molecule has 0 bridgehead atoms. The van der Waals surface area contributed by atoms with Crippen molar-refractivity contribution in [1.29, 1.82) is 0 Å². The van der Waals surface area contributed by atoms with Crippen LogP contribution in [0.4, 0.5) is 0 Å². The Kier molecular flexibility index (Phi) is 3.58. The molecule has 1 N–H and O–H groups in total. The number of nitrogens with one attached hydrogen (secondary N) is 1. The number of hydrogen-bond acceptors (Lipinski definition) is 2. The summed E-state index contributed by atoms with van der Waals surface area (Å²) in [6.07, 6.45) is 0.381. The third kappa shape index (κ3) is 2.61. The van der Waals surface area contributed by atoms with Crippen LogP contribution in [0.25, 0.3) is 0 Å². The van der Waals surface area contributed by atoms with E-state index < -0.39 is 0 Å². The molecule has 0 atom stereocenters. The van der Waals surface area contributed by atoms with Gasteiger partial charge in [-0.3, -0.25) is 0 Å². The van der Waals surface area contributed by atoms with Crippen LogP contribution in [-0.4, -0.2) is 19.2 Å². The van der Waals surface area contributed by atoms with E-state index in [1.807, 2.05) is 12.1 Å². The fourth-order valence-corrected chi connectivity index (χ4v) is 1.23. The fraction of sp³-hybridized carbons (Fsp3) is 0.400. The summed E-state index contributed by atoms with van der Waals surface area (Å²) in [5.74, 6) is 0.988. The normalized spacial score (nSPS) is 15.8. The predicted octanol–water partition coefficient (Wildman–Crippen LogP) is 1.77. The lowest BCUT2D eigenvalue weighted by Crippen LogP contribution is -2.50. The van der Waals surface area contributed by atoms with E-state index in [2.05, 4.69) is 24.4 Å². The quantitative estimate of drug-likeness (QED) is 0.784. The Balaban J connectivity index is 0.000000845. The number of aryl methyl sites for hydroxylation is 1. The van der Waals surface area contributed by atoms with Gasteiger partial charge < -0.3 is 10.1 Å². The number of benzene rings is 1. The molecule has 13 heavy (non-hydrogen) atoms. The van der Waals surface area contributed by atoms with Crippen molar-refractivity contribution in [3.8, 4) is 5.75 Å². The minimum atomic E-state index is 0. The maximum atomic E-state index is 5.67. The summed E-state index contributed by atoms with van der Waals surface area (Å²) in [4.78, 5) is 0. The highest BCUT2D eigenvalue weighted by Gasteiger charge is 2.17.